The standard InChI is InChI=1S/C75H145NO5/c1-3-5-7-9-11-13-15-17-19-21-31-35-39-43-47-51-55-59-63-67-73(78)72(71-77)76-74(79)68-64-60-56-52-48-44-40-36-33-29-27-25-23-24-26-28-30-34-38-42-46-50-54-58-62-66-70-81-75(80)69-65-61-57-53-49-45-41-37-32-22-20-18-16-14-12-10-8-6-4-2/h18,20,23,25,72-73,77-78H,3-17,19,21-22,24,26-71H2,1-2H3,(H,76,79)/b20-18-,25-23-. The van der Waals surface area contributed by atoms with Crippen LogP contribution in [0.2, 0.25) is 0 Å². The molecule has 2 atom stereocenters. The number of nitrogens with one attached hydrogen (secondary N) is 1. The van der Waals surface area contributed by atoms with Gasteiger partial charge in [0.25, 0.3) is 0 Å². The summed E-state index contributed by atoms with van der Waals surface area (Å²) in [6.07, 6.45) is 89.5. The van der Waals surface area contributed by atoms with Crippen LogP contribution in [0.25, 0.3) is 0 Å². The van der Waals surface area contributed by atoms with E-state index in [2.05, 4.69) is 43.5 Å². The first-order valence-corrected chi connectivity index (χ1v) is 37.1. The highest BCUT2D eigenvalue weighted by molar-refractivity contribution is 5.76. The average molecular weight is 1140 g/mol. The van der Waals surface area contributed by atoms with Crippen molar-refractivity contribution in [1.82, 2.24) is 5.32 Å². The fourth-order valence-electron chi connectivity index (χ4n) is 11.8. The molecule has 0 aliphatic carbocycles. The monoisotopic (exact) mass is 1140 g/mol. The van der Waals surface area contributed by atoms with Gasteiger partial charge in [-0.15, -0.1) is 0 Å². The lowest BCUT2D eigenvalue weighted by Crippen LogP contribution is -2.45. The predicted octanol–water partition coefficient (Wildman–Crippen LogP) is 24.1. The smallest absolute Gasteiger partial charge is 0.305 e. The van der Waals surface area contributed by atoms with Gasteiger partial charge in [0, 0.05) is 12.8 Å². The summed E-state index contributed by atoms with van der Waals surface area (Å²) < 4.78 is 5.51. The molecule has 0 spiro atoms. The Bertz CT molecular complexity index is 1270. The van der Waals surface area contributed by atoms with Crippen molar-refractivity contribution in [2.24, 2.45) is 0 Å². The molecule has 3 N–H and O–H groups in total. The third-order valence-electron chi connectivity index (χ3n) is 17.5. The quantitative estimate of drug-likeness (QED) is 0.0320. The number of carbonyl (C=O) groups is 2. The molecular formula is C75H145NO5. The van der Waals surface area contributed by atoms with Crippen molar-refractivity contribution in [3.8, 4) is 0 Å². The molecule has 0 radical (unpaired) electrons. The lowest BCUT2D eigenvalue weighted by Gasteiger charge is -2.22. The Morgan fingerprint density at radius 3 is 0.877 bits per heavy atom. The van der Waals surface area contributed by atoms with Gasteiger partial charge in [-0.2, -0.15) is 0 Å². The van der Waals surface area contributed by atoms with E-state index in [0.717, 1.165) is 38.5 Å². The number of hydrogen-bond donors (Lipinski definition) is 3. The highest BCUT2D eigenvalue weighted by Gasteiger charge is 2.20. The first-order valence-electron chi connectivity index (χ1n) is 37.1. The van der Waals surface area contributed by atoms with E-state index in [0.29, 0.717) is 25.9 Å². The van der Waals surface area contributed by atoms with Crippen LogP contribution in [0.5, 0.6) is 0 Å². The molecule has 6 nitrogen and oxygen atoms in total. The molecule has 480 valence electrons. The Balaban J connectivity index is 3.37. The second-order valence-electron chi connectivity index (χ2n) is 25.6. The van der Waals surface area contributed by atoms with Crippen molar-refractivity contribution in [1.29, 1.82) is 0 Å². The number of esters is 1. The van der Waals surface area contributed by atoms with Gasteiger partial charge >= 0.3 is 5.97 Å². The maximum Gasteiger partial charge on any atom is 0.305 e. The van der Waals surface area contributed by atoms with Gasteiger partial charge in [-0.25, -0.2) is 0 Å². The molecule has 0 aromatic rings. The Morgan fingerprint density at radius 2 is 0.580 bits per heavy atom. The summed E-state index contributed by atoms with van der Waals surface area (Å²) in [4.78, 5) is 24.7. The van der Waals surface area contributed by atoms with Crippen LogP contribution in [0.3, 0.4) is 0 Å². The van der Waals surface area contributed by atoms with E-state index < -0.39 is 12.1 Å². The summed E-state index contributed by atoms with van der Waals surface area (Å²) in [5.74, 6) is -0.0177. The maximum atomic E-state index is 12.5. The van der Waals surface area contributed by atoms with Crippen LogP contribution in [-0.2, 0) is 14.3 Å². The van der Waals surface area contributed by atoms with Crippen molar-refractivity contribution in [2.75, 3.05) is 13.2 Å². The largest absolute Gasteiger partial charge is 0.466 e. The van der Waals surface area contributed by atoms with Crippen molar-refractivity contribution in [2.45, 2.75) is 431 Å². The molecule has 2 unspecified atom stereocenters. The minimum Gasteiger partial charge on any atom is -0.466 e. The number of aliphatic hydroxyl groups is 2. The average Bonchev–Trinajstić information content (AvgIpc) is 3.47. The SMILES string of the molecule is CCCCCCCC/C=C\CCCCCCCCCCCC(=O)OCCCCCCCCCCCCCC/C=C\CCCCCCCCCCCCC(=O)NC(CO)C(O)CCCCCCCCCCCCCCCCCCCCC. The van der Waals surface area contributed by atoms with Crippen molar-refractivity contribution >= 4 is 11.9 Å². The number of unbranched alkanes of at least 4 members (excludes halogenated alkanes) is 55. The Hall–Kier alpha value is -1.66. The number of rotatable bonds is 70. The fourth-order valence-corrected chi connectivity index (χ4v) is 11.8. The molecule has 0 bridgehead atoms. The minimum atomic E-state index is -0.666. The number of hydrogen-bond acceptors (Lipinski definition) is 5. The minimum absolute atomic E-state index is 0.0149. The van der Waals surface area contributed by atoms with Crippen molar-refractivity contribution in [3.63, 3.8) is 0 Å². The van der Waals surface area contributed by atoms with Gasteiger partial charge in [0.05, 0.1) is 25.4 Å². The van der Waals surface area contributed by atoms with Gasteiger partial charge < -0.3 is 20.3 Å². The third-order valence-corrected chi connectivity index (χ3v) is 17.5. The van der Waals surface area contributed by atoms with E-state index >= 15 is 0 Å². The van der Waals surface area contributed by atoms with Crippen LogP contribution >= 0.6 is 0 Å². The third kappa shape index (κ3) is 67.3. The highest BCUT2D eigenvalue weighted by Crippen LogP contribution is 2.19. The zero-order valence-corrected chi connectivity index (χ0v) is 55.0. The topological polar surface area (TPSA) is 95.9 Å². The molecule has 0 fully saturated rings. The van der Waals surface area contributed by atoms with Crippen molar-refractivity contribution in [3.05, 3.63) is 24.3 Å². The number of carbonyl (C=O) groups excluding carboxylic acids is 2. The molecular weight excluding hydrogens is 995 g/mol. The number of ether oxygens (including phenoxy) is 1. The van der Waals surface area contributed by atoms with Gasteiger partial charge in [0.15, 0.2) is 0 Å². The first-order chi connectivity index (χ1) is 40.0. The van der Waals surface area contributed by atoms with Gasteiger partial charge in [-0.3, -0.25) is 9.59 Å². The highest BCUT2D eigenvalue weighted by atomic mass is 16.5. The molecule has 0 aromatic carbocycles. The van der Waals surface area contributed by atoms with Crippen molar-refractivity contribution < 1.29 is 24.5 Å². The fraction of sp³-hybridized carbons (Fsp3) is 0.920. The Kier molecular flexibility index (Phi) is 69.4. The second-order valence-corrected chi connectivity index (χ2v) is 25.6. The van der Waals surface area contributed by atoms with Gasteiger partial charge in [0.1, 0.15) is 0 Å². The summed E-state index contributed by atoms with van der Waals surface area (Å²) in [5.41, 5.74) is 0. The molecule has 0 heterocycles. The lowest BCUT2D eigenvalue weighted by molar-refractivity contribution is -0.143. The Morgan fingerprint density at radius 1 is 0.333 bits per heavy atom. The summed E-state index contributed by atoms with van der Waals surface area (Å²) in [7, 11) is 0. The summed E-state index contributed by atoms with van der Waals surface area (Å²) >= 11 is 0. The van der Waals surface area contributed by atoms with E-state index in [1.807, 2.05) is 0 Å². The summed E-state index contributed by atoms with van der Waals surface area (Å²) in [6, 6.07) is -0.544. The van der Waals surface area contributed by atoms with Gasteiger partial charge in [-0.05, 0) is 77.0 Å². The molecule has 6 heteroatoms. The van der Waals surface area contributed by atoms with E-state index in [1.54, 1.807) is 0 Å². The normalized spacial score (nSPS) is 12.6. The molecule has 0 aromatic heterocycles. The van der Waals surface area contributed by atoms with Gasteiger partial charge in [-0.1, -0.05) is 353 Å². The number of allylic oxidation sites excluding steroid dienone is 4. The zero-order valence-electron chi connectivity index (χ0n) is 55.0. The molecule has 0 rings (SSSR count). The van der Waals surface area contributed by atoms with Gasteiger partial charge in [0.2, 0.25) is 5.91 Å². The van der Waals surface area contributed by atoms with Crippen LogP contribution in [-0.4, -0.2) is 47.4 Å². The molecule has 0 saturated heterocycles. The summed E-state index contributed by atoms with van der Waals surface area (Å²) in [6.45, 7) is 4.99. The van der Waals surface area contributed by atoms with E-state index in [4.69, 9.17) is 4.74 Å². The zero-order chi connectivity index (χ0) is 58.5. The molecule has 0 aliphatic rings. The number of amides is 1. The molecule has 1 amide bonds. The second kappa shape index (κ2) is 70.8. The van der Waals surface area contributed by atoms with E-state index in [1.165, 1.54) is 347 Å². The maximum absolute atomic E-state index is 12.5. The van der Waals surface area contributed by atoms with Crippen LogP contribution in [0.4, 0.5) is 0 Å². The Labute approximate surface area is 507 Å². The van der Waals surface area contributed by atoms with Crippen LogP contribution in [0.1, 0.15) is 418 Å². The summed E-state index contributed by atoms with van der Waals surface area (Å²) in [5, 5.41) is 23.4. The van der Waals surface area contributed by atoms with E-state index in [9.17, 15) is 19.8 Å². The first kappa shape index (κ1) is 79.3. The predicted molar refractivity (Wildman–Crippen MR) is 356 cm³/mol. The molecule has 0 saturated carbocycles. The van der Waals surface area contributed by atoms with E-state index in [-0.39, 0.29) is 18.5 Å². The lowest BCUT2D eigenvalue weighted by atomic mass is 10.0. The number of aliphatic hydroxyl groups excluding tert-OH is 2. The van der Waals surface area contributed by atoms with Crippen LogP contribution < -0.4 is 5.32 Å². The van der Waals surface area contributed by atoms with Crippen LogP contribution in [0.15, 0.2) is 24.3 Å². The van der Waals surface area contributed by atoms with Crippen LogP contribution in [0, 0.1) is 0 Å². The molecule has 0 aliphatic heterocycles. The molecule has 81 heavy (non-hydrogen) atoms.